The number of hydrogen-bond donors (Lipinski definition) is 0. The average Bonchev–Trinajstić information content (AvgIpc) is 2.81. The molecule has 2 heterocycles. The lowest BCUT2D eigenvalue weighted by atomic mass is 10.0. The van der Waals surface area contributed by atoms with Crippen LogP contribution in [0.5, 0.6) is 0 Å². The Bertz CT molecular complexity index is 581. The SMILES string of the molecule is FC(F)(F)c1cc(-c2nc3c(s2)CCCC3)ccn1. The van der Waals surface area contributed by atoms with Gasteiger partial charge in [-0.2, -0.15) is 13.2 Å². The molecule has 0 radical (unpaired) electrons. The Kier molecular flexibility index (Phi) is 3.05. The van der Waals surface area contributed by atoms with Crippen molar-refractivity contribution in [1.82, 2.24) is 9.97 Å². The molecule has 6 heteroatoms. The summed E-state index contributed by atoms with van der Waals surface area (Å²) in [4.78, 5) is 9.05. The van der Waals surface area contributed by atoms with E-state index in [1.165, 1.54) is 22.4 Å². The van der Waals surface area contributed by atoms with Gasteiger partial charge in [-0.05, 0) is 37.8 Å². The Morgan fingerprint density at radius 3 is 2.68 bits per heavy atom. The standard InChI is InChI=1S/C13H11F3N2S/c14-13(15,16)11-7-8(5-6-17-11)12-18-9-3-1-2-4-10(9)19-12/h5-7H,1-4H2. The summed E-state index contributed by atoms with van der Waals surface area (Å²) in [6.45, 7) is 0. The van der Waals surface area contributed by atoms with Crippen molar-refractivity contribution in [2.75, 3.05) is 0 Å². The highest BCUT2D eigenvalue weighted by Crippen LogP contribution is 2.35. The third-order valence-corrected chi connectivity index (χ3v) is 4.35. The molecule has 0 aliphatic heterocycles. The van der Waals surface area contributed by atoms with Gasteiger partial charge in [0.05, 0.1) is 5.69 Å². The number of thiazole rings is 1. The number of nitrogens with zero attached hydrogens (tertiary/aromatic N) is 2. The lowest BCUT2D eigenvalue weighted by Crippen LogP contribution is -2.07. The second kappa shape index (κ2) is 4.59. The number of aromatic nitrogens is 2. The number of hydrogen-bond acceptors (Lipinski definition) is 3. The molecule has 0 saturated heterocycles. The van der Waals surface area contributed by atoms with E-state index >= 15 is 0 Å². The van der Waals surface area contributed by atoms with Crippen LogP contribution in [0.15, 0.2) is 18.3 Å². The normalized spacial score (nSPS) is 15.3. The first-order valence-corrected chi connectivity index (χ1v) is 6.88. The summed E-state index contributed by atoms with van der Waals surface area (Å²) < 4.78 is 37.9. The van der Waals surface area contributed by atoms with Gasteiger partial charge in [0.15, 0.2) is 0 Å². The van der Waals surface area contributed by atoms with Crippen LogP contribution in [0.2, 0.25) is 0 Å². The minimum atomic E-state index is -4.41. The Labute approximate surface area is 112 Å². The van der Waals surface area contributed by atoms with E-state index in [-0.39, 0.29) is 0 Å². The van der Waals surface area contributed by atoms with Crippen molar-refractivity contribution in [1.29, 1.82) is 0 Å². The average molecular weight is 284 g/mol. The largest absolute Gasteiger partial charge is 0.433 e. The van der Waals surface area contributed by atoms with Crippen LogP contribution in [-0.2, 0) is 19.0 Å². The van der Waals surface area contributed by atoms with Crippen molar-refractivity contribution in [3.05, 3.63) is 34.6 Å². The van der Waals surface area contributed by atoms with E-state index in [2.05, 4.69) is 9.97 Å². The lowest BCUT2D eigenvalue weighted by Gasteiger charge is -2.06. The van der Waals surface area contributed by atoms with E-state index in [9.17, 15) is 13.2 Å². The molecular weight excluding hydrogens is 273 g/mol. The van der Waals surface area contributed by atoms with Gasteiger partial charge >= 0.3 is 6.18 Å². The van der Waals surface area contributed by atoms with E-state index in [1.54, 1.807) is 6.07 Å². The molecule has 100 valence electrons. The highest BCUT2D eigenvalue weighted by Gasteiger charge is 2.32. The van der Waals surface area contributed by atoms with Crippen molar-refractivity contribution in [3.63, 3.8) is 0 Å². The summed E-state index contributed by atoms with van der Waals surface area (Å²) >= 11 is 1.50. The van der Waals surface area contributed by atoms with Crippen LogP contribution in [-0.4, -0.2) is 9.97 Å². The fraction of sp³-hybridized carbons (Fsp3) is 0.385. The highest BCUT2D eigenvalue weighted by atomic mass is 32.1. The maximum absolute atomic E-state index is 12.6. The smallest absolute Gasteiger partial charge is 0.252 e. The van der Waals surface area contributed by atoms with Crippen molar-refractivity contribution in [2.45, 2.75) is 31.9 Å². The third-order valence-electron chi connectivity index (χ3n) is 3.14. The molecule has 0 atom stereocenters. The molecule has 0 unspecified atom stereocenters. The summed E-state index contributed by atoms with van der Waals surface area (Å²) in [5, 5.41) is 0.666. The molecule has 2 aromatic heterocycles. The molecular formula is C13H11F3N2S. The molecule has 0 bridgehead atoms. The Hall–Kier alpha value is -1.43. The number of rotatable bonds is 1. The van der Waals surface area contributed by atoms with E-state index in [1.807, 2.05) is 0 Å². The Morgan fingerprint density at radius 2 is 1.95 bits per heavy atom. The minimum absolute atomic E-state index is 0.502. The first kappa shape index (κ1) is 12.6. The second-order valence-electron chi connectivity index (χ2n) is 4.52. The first-order valence-electron chi connectivity index (χ1n) is 6.06. The van der Waals surface area contributed by atoms with Crippen LogP contribution < -0.4 is 0 Å². The first-order chi connectivity index (χ1) is 9.04. The summed E-state index contributed by atoms with van der Waals surface area (Å²) in [6.07, 6.45) is 0.956. The molecule has 0 spiro atoms. The maximum Gasteiger partial charge on any atom is 0.433 e. The number of halogens is 3. The summed E-state index contributed by atoms with van der Waals surface area (Å²) in [5.41, 5.74) is 0.691. The summed E-state index contributed by atoms with van der Waals surface area (Å²) in [6, 6.07) is 2.66. The number of pyridine rings is 1. The van der Waals surface area contributed by atoms with Gasteiger partial charge in [0, 0.05) is 16.6 Å². The molecule has 2 aromatic rings. The molecule has 0 amide bonds. The van der Waals surface area contributed by atoms with E-state index in [0.29, 0.717) is 10.6 Å². The lowest BCUT2D eigenvalue weighted by molar-refractivity contribution is -0.141. The van der Waals surface area contributed by atoms with Crippen LogP contribution in [0, 0.1) is 0 Å². The van der Waals surface area contributed by atoms with Crippen LogP contribution >= 0.6 is 11.3 Å². The fourth-order valence-corrected chi connectivity index (χ4v) is 3.34. The minimum Gasteiger partial charge on any atom is -0.252 e. The van der Waals surface area contributed by atoms with Gasteiger partial charge in [0.25, 0.3) is 0 Å². The Morgan fingerprint density at radius 1 is 1.16 bits per heavy atom. The van der Waals surface area contributed by atoms with Gasteiger partial charge in [-0.1, -0.05) is 0 Å². The predicted molar refractivity (Wildman–Crippen MR) is 67.0 cm³/mol. The fourth-order valence-electron chi connectivity index (χ4n) is 2.19. The molecule has 0 N–H and O–H groups in total. The van der Waals surface area contributed by atoms with Gasteiger partial charge in [-0.25, -0.2) is 4.98 Å². The van der Waals surface area contributed by atoms with Crippen LogP contribution in [0.3, 0.4) is 0 Å². The van der Waals surface area contributed by atoms with Crippen molar-refractivity contribution in [2.24, 2.45) is 0 Å². The van der Waals surface area contributed by atoms with Crippen molar-refractivity contribution < 1.29 is 13.2 Å². The topological polar surface area (TPSA) is 25.8 Å². The van der Waals surface area contributed by atoms with Crippen molar-refractivity contribution >= 4 is 11.3 Å². The molecule has 0 fully saturated rings. The summed E-state index contributed by atoms with van der Waals surface area (Å²) in [7, 11) is 0. The van der Waals surface area contributed by atoms with Crippen LogP contribution in [0.1, 0.15) is 29.1 Å². The van der Waals surface area contributed by atoms with Gasteiger partial charge in [0.1, 0.15) is 10.7 Å². The maximum atomic E-state index is 12.6. The molecule has 19 heavy (non-hydrogen) atoms. The molecule has 1 aliphatic carbocycles. The number of fused-ring (bicyclic) bond motifs is 1. The molecule has 1 aliphatic rings. The van der Waals surface area contributed by atoms with E-state index in [4.69, 9.17) is 0 Å². The summed E-state index contributed by atoms with van der Waals surface area (Å²) in [5.74, 6) is 0. The quantitative estimate of drug-likeness (QED) is 0.787. The molecule has 0 saturated carbocycles. The monoisotopic (exact) mass is 284 g/mol. The second-order valence-corrected chi connectivity index (χ2v) is 5.61. The third kappa shape index (κ3) is 2.49. The molecule has 2 nitrogen and oxygen atoms in total. The van der Waals surface area contributed by atoms with E-state index < -0.39 is 11.9 Å². The van der Waals surface area contributed by atoms with E-state index in [0.717, 1.165) is 37.4 Å². The van der Waals surface area contributed by atoms with Crippen LogP contribution in [0.4, 0.5) is 13.2 Å². The number of aryl methyl sites for hydroxylation is 2. The highest BCUT2D eigenvalue weighted by molar-refractivity contribution is 7.15. The van der Waals surface area contributed by atoms with Gasteiger partial charge in [0.2, 0.25) is 0 Å². The molecule has 0 aromatic carbocycles. The van der Waals surface area contributed by atoms with Crippen molar-refractivity contribution in [3.8, 4) is 10.6 Å². The zero-order valence-corrected chi connectivity index (χ0v) is 10.8. The Balaban J connectivity index is 2.00. The van der Waals surface area contributed by atoms with Gasteiger partial charge < -0.3 is 0 Å². The zero-order chi connectivity index (χ0) is 13.5. The molecule has 3 rings (SSSR count). The number of alkyl halides is 3. The van der Waals surface area contributed by atoms with Gasteiger partial charge in [-0.3, -0.25) is 4.98 Å². The van der Waals surface area contributed by atoms with Gasteiger partial charge in [-0.15, -0.1) is 11.3 Å². The predicted octanol–water partition coefficient (Wildman–Crippen LogP) is 4.10. The zero-order valence-electron chi connectivity index (χ0n) is 10.00. The van der Waals surface area contributed by atoms with Crippen LogP contribution in [0.25, 0.3) is 10.6 Å².